The Morgan fingerprint density at radius 2 is 2.00 bits per heavy atom. The zero-order valence-corrected chi connectivity index (χ0v) is 17.3. The number of benzene rings is 2. The molecule has 0 saturated heterocycles. The molecule has 4 rings (SSSR count). The van der Waals surface area contributed by atoms with Gasteiger partial charge in [-0.15, -0.1) is 5.10 Å². The van der Waals surface area contributed by atoms with Gasteiger partial charge in [0.05, 0.1) is 11.7 Å². The average Bonchev–Trinajstić information content (AvgIpc) is 3.29. The predicted octanol–water partition coefficient (Wildman–Crippen LogP) is 4.52. The van der Waals surface area contributed by atoms with Gasteiger partial charge in [0.1, 0.15) is 6.33 Å². The van der Waals surface area contributed by atoms with Crippen molar-refractivity contribution in [1.82, 2.24) is 30.5 Å². The Morgan fingerprint density at radius 3 is 2.70 bits per heavy atom. The van der Waals surface area contributed by atoms with E-state index in [4.69, 9.17) is 23.2 Å². The monoisotopic (exact) mass is 438 g/mol. The van der Waals surface area contributed by atoms with Gasteiger partial charge >= 0.3 is 0 Å². The SMILES string of the molecule is CC(NC(=O)c1cc(-c2ccc(Cl)cc2Cl)cc(-n2cnnn2)c1)c1cccnc1. The molecule has 1 amide bonds. The van der Waals surface area contributed by atoms with Gasteiger partial charge in [-0.1, -0.05) is 35.3 Å². The molecule has 0 aliphatic heterocycles. The van der Waals surface area contributed by atoms with Crippen molar-refractivity contribution in [3.8, 4) is 16.8 Å². The molecule has 9 heteroatoms. The number of pyridine rings is 1. The van der Waals surface area contributed by atoms with E-state index in [9.17, 15) is 4.79 Å². The summed E-state index contributed by atoms with van der Waals surface area (Å²) in [5, 5.41) is 15.3. The van der Waals surface area contributed by atoms with Crippen molar-refractivity contribution in [1.29, 1.82) is 0 Å². The molecule has 1 unspecified atom stereocenters. The minimum atomic E-state index is -0.243. The number of amides is 1. The van der Waals surface area contributed by atoms with Gasteiger partial charge in [0.25, 0.3) is 5.91 Å². The van der Waals surface area contributed by atoms with E-state index in [1.165, 1.54) is 11.0 Å². The fourth-order valence-corrected chi connectivity index (χ4v) is 3.55. The lowest BCUT2D eigenvalue weighted by Crippen LogP contribution is -2.26. The first-order valence-electron chi connectivity index (χ1n) is 9.06. The minimum absolute atomic E-state index is 0.217. The molecule has 1 N–H and O–H groups in total. The topological polar surface area (TPSA) is 85.6 Å². The van der Waals surface area contributed by atoms with Gasteiger partial charge in [-0.05, 0) is 64.9 Å². The molecule has 0 spiro atoms. The molecule has 0 bridgehead atoms. The summed E-state index contributed by atoms with van der Waals surface area (Å²) in [6, 6.07) is 14.1. The third kappa shape index (κ3) is 4.32. The van der Waals surface area contributed by atoms with Crippen molar-refractivity contribution in [3.63, 3.8) is 0 Å². The highest BCUT2D eigenvalue weighted by Crippen LogP contribution is 2.32. The quantitative estimate of drug-likeness (QED) is 0.494. The van der Waals surface area contributed by atoms with Crippen molar-refractivity contribution >= 4 is 29.1 Å². The van der Waals surface area contributed by atoms with Crippen LogP contribution in [-0.4, -0.2) is 31.1 Å². The maximum Gasteiger partial charge on any atom is 0.251 e. The fraction of sp³-hybridized carbons (Fsp3) is 0.0952. The maximum atomic E-state index is 13.0. The highest BCUT2D eigenvalue weighted by molar-refractivity contribution is 6.36. The summed E-state index contributed by atoms with van der Waals surface area (Å²) in [6.07, 6.45) is 4.87. The molecule has 0 saturated carbocycles. The van der Waals surface area contributed by atoms with E-state index in [2.05, 4.69) is 25.8 Å². The minimum Gasteiger partial charge on any atom is -0.345 e. The van der Waals surface area contributed by atoms with Gasteiger partial charge in [0.2, 0.25) is 0 Å². The van der Waals surface area contributed by atoms with Crippen molar-refractivity contribution in [3.05, 3.63) is 88.4 Å². The van der Waals surface area contributed by atoms with Crippen LogP contribution in [0.3, 0.4) is 0 Å². The summed E-state index contributed by atoms with van der Waals surface area (Å²) in [4.78, 5) is 17.1. The van der Waals surface area contributed by atoms with Crippen LogP contribution >= 0.6 is 23.2 Å². The first-order valence-corrected chi connectivity index (χ1v) is 9.81. The molecule has 0 radical (unpaired) electrons. The number of carbonyl (C=O) groups excluding carboxylic acids is 1. The van der Waals surface area contributed by atoms with Gasteiger partial charge < -0.3 is 5.32 Å². The second-order valence-corrected chi connectivity index (χ2v) is 7.47. The smallest absolute Gasteiger partial charge is 0.251 e. The van der Waals surface area contributed by atoms with Gasteiger partial charge in [-0.3, -0.25) is 9.78 Å². The second-order valence-electron chi connectivity index (χ2n) is 6.63. The number of hydrogen-bond acceptors (Lipinski definition) is 5. The van der Waals surface area contributed by atoms with Gasteiger partial charge in [-0.2, -0.15) is 0 Å². The van der Waals surface area contributed by atoms with Crippen LogP contribution in [0.1, 0.15) is 28.9 Å². The number of tetrazole rings is 1. The van der Waals surface area contributed by atoms with E-state index >= 15 is 0 Å². The van der Waals surface area contributed by atoms with Crippen molar-refractivity contribution in [2.24, 2.45) is 0 Å². The second kappa shape index (κ2) is 8.61. The summed E-state index contributed by atoms with van der Waals surface area (Å²) >= 11 is 12.4. The van der Waals surface area contributed by atoms with Crippen molar-refractivity contribution in [2.75, 3.05) is 0 Å². The first kappa shape index (κ1) is 20.0. The molecule has 0 fully saturated rings. The highest BCUT2D eigenvalue weighted by Gasteiger charge is 2.16. The molecule has 0 aliphatic carbocycles. The highest BCUT2D eigenvalue weighted by atomic mass is 35.5. The van der Waals surface area contributed by atoms with Crippen LogP contribution in [0, 0.1) is 0 Å². The Hall–Kier alpha value is -3.29. The zero-order chi connectivity index (χ0) is 21.1. The van der Waals surface area contributed by atoms with Crippen LogP contribution in [0.15, 0.2) is 67.3 Å². The summed E-state index contributed by atoms with van der Waals surface area (Å²) in [5.74, 6) is -0.243. The number of carbonyl (C=O) groups is 1. The van der Waals surface area contributed by atoms with Gasteiger partial charge in [0.15, 0.2) is 0 Å². The molecule has 2 heterocycles. The van der Waals surface area contributed by atoms with Crippen LogP contribution in [-0.2, 0) is 0 Å². The zero-order valence-electron chi connectivity index (χ0n) is 15.8. The third-order valence-electron chi connectivity index (χ3n) is 4.57. The third-order valence-corrected chi connectivity index (χ3v) is 5.12. The lowest BCUT2D eigenvalue weighted by Gasteiger charge is -2.15. The Balaban J connectivity index is 1.73. The Labute approximate surface area is 182 Å². The molecular weight excluding hydrogens is 423 g/mol. The van der Waals surface area contributed by atoms with Crippen LogP contribution in [0.4, 0.5) is 0 Å². The molecule has 1 atom stereocenters. The van der Waals surface area contributed by atoms with Crippen LogP contribution in [0.25, 0.3) is 16.8 Å². The van der Waals surface area contributed by atoms with Crippen LogP contribution in [0.5, 0.6) is 0 Å². The predicted molar refractivity (Wildman–Crippen MR) is 115 cm³/mol. The number of hydrogen-bond donors (Lipinski definition) is 1. The molecular formula is C21H16Cl2N6O. The molecule has 0 aliphatic rings. The van der Waals surface area contributed by atoms with Crippen LogP contribution in [0.2, 0.25) is 10.0 Å². The largest absolute Gasteiger partial charge is 0.345 e. The average molecular weight is 439 g/mol. The Bertz CT molecular complexity index is 1180. The van der Waals surface area contributed by atoms with E-state index in [1.807, 2.05) is 31.2 Å². The van der Waals surface area contributed by atoms with Crippen molar-refractivity contribution in [2.45, 2.75) is 13.0 Å². The Morgan fingerprint density at radius 1 is 1.13 bits per heavy atom. The lowest BCUT2D eigenvalue weighted by molar-refractivity contribution is 0.0940. The fourth-order valence-electron chi connectivity index (χ4n) is 3.03. The van der Waals surface area contributed by atoms with Gasteiger partial charge in [0, 0.05) is 33.6 Å². The summed E-state index contributed by atoms with van der Waals surface area (Å²) in [5.41, 5.74) is 3.46. The standard InChI is InChI=1S/C21H16Cl2N6O/c1-13(14-3-2-6-24-11-14)26-21(30)16-7-15(19-5-4-17(22)10-20(19)23)8-18(9-16)29-12-25-27-28-29/h2-13H,1H3,(H,26,30). The molecule has 2 aromatic heterocycles. The number of rotatable bonds is 5. The molecule has 2 aromatic carbocycles. The molecule has 4 aromatic rings. The number of aromatic nitrogens is 5. The van der Waals surface area contributed by atoms with E-state index in [0.29, 0.717) is 21.3 Å². The maximum absolute atomic E-state index is 13.0. The number of nitrogens with one attached hydrogen (secondary N) is 1. The van der Waals surface area contributed by atoms with E-state index in [-0.39, 0.29) is 11.9 Å². The van der Waals surface area contributed by atoms with E-state index in [0.717, 1.165) is 16.7 Å². The lowest BCUT2D eigenvalue weighted by atomic mass is 10.0. The summed E-state index contributed by atoms with van der Waals surface area (Å²) in [6.45, 7) is 1.90. The van der Waals surface area contributed by atoms with E-state index < -0.39 is 0 Å². The summed E-state index contributed by atoms with van der Waals surface area (Å²) in [7, 11) is 0. The van der Waals surface area contributed by atoms with Crippen molar-refractivity contribution < 1.29 is 4.79 Å². The Kier molecular flexibility index (Phi) is 5.74. The van der Waals surface area contributed by atoms with E-state index in [1.54, 1.807) is 36.7 Å². The number of halogens is 2. The molecule has 7 nitrogen and oxygen atoms in total. The summed E-state index contributed by atoms with van der Waals surface area (Å²) < 4.78 is 1.48. The van der Waals surface area contributed by atoms with Crippen LogP contribution < -0.4 is 5.32 Å². The number of nitrogens with zero attached hydrogens (tertiary/aromatic N) is 5. The molecule has 30 heavy (non-hydrogen) atoms. The first-order chi connectivity index (χ1) is 14.5. The van der Waals surface area contributed by atoms with Gasteiger partial charge in [-0.25, -0.2) is 4.68 Å². The molecule has 150 valence electrons. The normalized spacial score (nSPS) is 11.8.